The molecule has 3 rings (SSSR count). The molecule has 0 bridgehead atoms. The number of ether oxygens (including phenoxy) is 1. The molecule has 2 N–H and O–H groups in total. The van der Waals surface area contributed by atoms with Gasteiger partial charge in [0.1, 0.15) is 17.1 Å². The predicted molar refractivity (Wildman–Crippen MR) is 86.7 cm³/mol. The van der Waals surface area contributed by atoms with Gasteiger partial charge in [-0.1, -0.05) is 0 Å². The van der Waals surface area contributed by atoms with Crippen LogP contribution in [0.1, 0.15) is 18.7 Å². The van der Waals surface area contributed by atoms with Crippen LogP contribution >= 0.6 is 0 Å². The van der Waals surface area contributed by atoms with Crippen molar-refractivity contribution in [2.45, 2.75) is 32.0 Å². The van der Waals surface area contributed by atoms with E-state index < -0.39 is 12.1 Å². The average molecular weight is 369 g/mol. The van der Waals surface area contributed by atoms with E-state index >= 15 is 0 Å². The number of aliphatic carboxylic acids is 1. The molecule has 9 heteroatoms. The fraction of sp³-hybridized carbons (Fsp3) is 0.353. The molecule has 2 heterocycles. The van der Waals surface area contributed by atoms with Crippen LogP contribution in [0, 0.1) is 5.41 Å². The van der Waals surface area contributed by atoms with E-state index in [4.69, 9.17) is 25.0 Å². The molecule has 0 amide bonds. The molecule has 0 unspecified atom stereocenters. The molecule has 6 nitrogen and oxygen atoms in total. The lowest BCUT2D eigenvalue weighted by atomic mass is 10.1. The van der Waals surface area contributed by atoms with Crippen LogP contribution in [0.3, 0.4) is 0 Å². The highest BCUT2D eigenvalue weighted by Crippen LogP contribution is 2.21. The monoisotopic (exact) mass is 369 g/mol. The second-order valence-corrected chi connectivity index (χ2v) is 5.58. The summed E-state index contributed by atoms with van der Waals surface area (Å²) in [5.74, 6) is -0.890. The van der Waals surface area contributed by atoms with Crippen LogP contribution in [0.4, 0.5) is 13.2 Å². The van der Waals surface area contributed by atoms with Gasteiger partial charge in [-0.2, -0.15) is 13.2 Å². The van der Waals surface area contributed by atoms with E-state index in [9.17, 15) is 13.2 Å². The number of carboxylic acid groups (broad SMARTS) is 1. The second kappa shape index (κ2) is 8.03. The number of benzene rings is 1. The molecule has 0 aliphatic carbocycles. The third kappa shape index (κ3) is 4.84. The summed E-state index contributed by atoms with van der Waals surface area (Å²) >= 11 is 0. The number of nitrogens with one attached hydrogen (secondary N) is 1. The Bertz CT molecular complexity index is 830. The minimum Gasteiger partial charge on any atom is -0.497 e. The fourth-order valence-corrected chi connectivity index (χ4v) is 2.48. The number of nitrogens with zero attached hydrogens (tertiary/aromatic N) is 2. The molecule has 0 radical (unpaired) electrons. The summed E-state index contributed by atoms with van der Waals surface area (Å²) < 4.78 is 38.9. The number of carboxylic acids is 1. The Morgan fingerprint density at radius 1 is 1.27 bits per heavy atom. The standard InChI is InChI=1S/C15H17N3O.C2HF3O2/c1-19-12-7-5-11(6-8-12)13-10-14(16)18-9-3-2-4-15(18)17-13;3-2(4,5)1(6)7/h5-8,10,16H,2-4,9H2,1H3;(H,6,7). The Morgan fingerprint density at radius 3 is 2.42 bits per heavy atom. The zero-order valence-electron chi connectivity index (χ0n) is 14.0. The number of carbonyl (C=O) groups is 1. The SMILES string of the molecule is COc1ccc(-c2cc(=N)n3c(n2)CCCC3)cc1.O=C(O)C(F)(F)F. The number of halogens is 3. The van der Waals surface area contributed by atoms with E-state index in [2.05, 4.69) is 0 Å². The highest BCUT2D eigenvalue weighted by Gasteiger charge is 2.38. The lowest BCUT2D eigenvalue weighted by Crippen LogP contribution is -2.28. The molecule has 2 aromatic rings. The van der Waals surface area contributed by atoms with Gasteiger partial charge in [0.15, 0.2) is 0 Å². The Morgan fingerprint density at radius 2 is 1.88 bits per heavy atom. The van der Waals surface area contributed by atoms with E-state index in [1.807, 2.05) is 34.9 Å². The van der Waals surface area contributed by atoms with Gasteiger partial charge in [0.05, 0.1) is 12.8 Å². The fourth-order valence-electron chi connectivity index (χ4n) is 2.48. The maximum atomic E-state index is 10.6. The van der Waals surface area contributed by atoms with Crippen LogP contribution < -0.4 is 10.2 Å². The summed E-state index contributed by atoms with van der Waals surface area (Å²) in [6, 6.07) is 9.66. The van der Waals surface area contributed by atoms with Crippen LogP contribution in [0.15, 0.2) is 30.3 Å². The van der Waals surface area contributed by atoms with Crippen LogP contribution in [-0.2, 0) is 17.8 Å². The third-order valence-electron chi connectivity index (χ3n) is 3.79. The van der Waals surface area contributed by atoms with Gasteiger partial charge in [0.2, 0.25) is 0 Å². The molecule has 26 heavy (non-hydrogen) atoms. The highest BCUT2D eigenvalue weighted by molar-refractivity contribution is 5.73. The summed E-state index contributed by atoms with van der Waals surface area (Å²) in [6.07, 6.45) is -1.80. The van der Waals surface area contributed by atoms with Crippen LogP contribution in [0.25, 0.3) is 11.3 Å². The van der Waals surface area contributed by atoms with Gasteiger partial charge in [-0.3, -0.25) is 5.41 Å². The number of rotatable bonds is 2. The van der Waals surface area contributed by atoms with Gasteiger partial charge in [-0.25, -0.2) is 9.78 Å². The topological polar surface area (TPSA) is 88.2 Å². The molecule has 1 aromatic carbocycles. The number of alkyl halides is 3. The summed E-state index contributed by atoms with van der Waals surface area (Å²) in [5.41, 5.74) is 2.46. The first kappa shape index (κ1) is 19.5. The van der Waals surface area contributed by atoms with Crippen molar-refractivity contribution < 1.29 is 27.8 Å². The van der Waals surface area contributed by atoms with Gasteiger partial charge < -0.3 is 14.4 Å². The summed E-state index contributed by atoms with van der Waals surface area (Å²) in [4.78, 5) is 13.6. The average Bonchev–Trinajstić information content (AvgIpc) is 2.61. The van der Waals surface area contributed by atoms with Gasteiger partial charge in [-0.15, -0.1) is 0 Å². The molecule has 0 saturated carbocycles. The van der Waals surface area contributed by atoms with E-state index in [1.54, 1.807) is 7.11 Å². The van der Waals surface area contributed by atoms with E-state index in [0.717, 1.165) is 42.2 Å². The molecular weight excluding hydrogens is 351 g/mol. The number of aromatic nitrogens is 2. The quantitative estimate of drug-likeness (QED) is 0.852. The number of methoxy groups -OCH3 is 1. The van der Waals surface area contributed by atoms with Crippen molar-refractivity contribution in [3.05, 3.63) is 41.6 Å². The molecule has 1 aromatic heterocycles. The van der Waals surface area contributed by atoms with Crippen LogP contribution in [0.5, 0.6) is 5.75 Å². The van der Waals surface area contributed by atoms with E-state index in [0.29, 0.717) is 5.49 Å². The Labute approximate surface area is 147 Å². The van der Waals surface area contributed by atoms with Gasteiger partial charge in [-0.05, 0) is 37.1 Å². The smallest absolute Gasteiger partial charge is 0.490 e. The van der Waals surface area contributed by atoms with Crippen molar-refractivity contribution in [1.29, 1.82) is 5.41 Å². The lowest BCUT2D eigenvalue weighted by molar-refractivity contribution is -0.192. The summed E-state index contributed by atoms with van der Waals surface area (Å²) in [7, 11) is 1.66. The first-order valence-electron chi connectivity index (χ1n) is 7.82. The van der Waals surface area contributed by atoms with Crippen LogP contribution in [0.2, 0.25) is 0 Å². The normalized spacial score (nSPS) is 13.2. The molecule has 0 fully saturated rings. The third-order valence-corrected chi connectivity index (χ3v) is 3.79. The predicted octanol–water partition coefficient (Wildman–Crippen LogP) is 3.01. The molecule has 0 atom stereocenters. The molecule has 1 aliphatic heterocycles. The molecule has 0 spiro atoms. The zero-order valence-corrected chi connectivity index (χ0v) is 14.0. The van der Waals surface area contributed by atoms with Crippen molar-refractivity contribution in [3.63, 3.8) is 0 Å². The summed E-state index contributed by atoms with van der Waals surface area (Å²) in [6.45, 7) is 0.921. The Kier molecular flexibility index (Phi) is 6.01. The Balaban J connectivity index is 0.000000298. The van der Waals surface area contributed by atoms with Crippen molar-refractivity contribution >= 4 is 5.97 Å². The van der Waals surface area contributed by atoms with E-state index in [1.165, 1.54) is 6.42 Å². The minimum absolute atomic E-state index is 0.551. The van der Waals surface area contributed by atoms with Crippen molar-refractivity contribution in [2.24, 2.45) is 0 Å². The lowest BCUT2D eigenvalue weighted by Gasteiger charge is -2.19. The molecule has 140 valence electrons. The molecular formula is C17H18F3N3O3. The number of hydrogen-bond acceptors (Lipinski definition) is 4. The zero-order chi connectivity index (χ0) is 19.3. The second-order valence-electron chi connectivity index (χ2n) is 5.58. The minimum atomic E-state index is -5.08. The van der Waals surface area contributed by atoms with Crippen LogP contribution in [-0.4, -0.2) is 33.9 Å². The largest absolute Gasteiger partial charge is 0.497 e. The first-order chi connectivity index (χ1) is 12.2. The van der Waals surface area contributed by atoms with E-state index in [-0.39, 0.29) is 0 Å². The summed E-state index contributed by atoms with van der Waals surface area (Å²) in [5, 5.41) is 15.2. The highest BCUT2D eigenvalue weighted by atomic mass is 19.4. The van der Waals surface area contributed by atoms with Gasteiger partial charge in [0, 0.05) is 24.6 Å². The van der Waals surface area contributed by atoms with Crippen molar-refractivity contribution in [3.8, 4) is 17.0 Å². The van der Waals surface area contributed by atoms with Gasteiger partial charge in [0.25, 0.3) is 0 Å². The molecule has 0 saturated heterocycles. The number of fused-ring (bicyclic) bond motifs is 1. The molecule has 1 aliphatic rings. The van der Waals surface area contributed by atoms with Crippen molar-refractivity contribution in [1.82, 2.24) is 9.55 Å². The van der Waals surface area contributed by atoms with Crippen molar-refractivity contribution in [2.75, 3.05) is 7.11 Å². The maximum absolute atomic E-state index is 10.6. The number of aryl methyl sites for hydroxylation is 1. The Hall–Kier alpha value is -2.84. The number of hydrogen-bond donors (Lipinski definition) is 2. The van der Waals surface area contributed by atoms with Gasteiger partial charge >= 0.3 is 12.1 Å². The maximum Gasteiger partial charge on any atom is 0.490 e. The first-order valence-corrected chi connectivity index (χ1v) is 7.82.